The Morgan fingerprint density at radius 3 is 0.843 bits per heavy atom. The molecule has 0 amide bonds. The van der Waals surface area contributed by atoms with E-state index in [0.29, 0.717) is 0 Å². The molecule has 0 saturated carbocycles. The van der Waals surface area contributed by atoms with E-state index < -0.39 is 0 Å². The zero-order chi connectivity index (χ0) is 82.2. The summed E-state index contributed by atoms with van der Waals surface area (Å²) in [6.07, 6.45) is 7.02. The van der Waals surface area contributed by atoms with Gasteiger partial charge in [0.15, 0.2) is 0 Å². The van der Waals surface area contributed by atoms with Crippen molar-refractivity contribution in [1.82, 2.24) is 19.9 Å². The number of hydrogen-bond donors (Lipinski definition) is 5. The Labute approximate surface area is 709 Å². The lowest BCUT2D eigenvalue weighted by atomic mass is 9.67. The molecule has 10 nitrogen and oxygen atoms in total. The molecule has 21 rings (SSSR count). The first-order valence-corrected chi connectivity index (χ1v) is 40.9. The van der Waals surface area contributed by atoms with Gasteiger partial charge in [-0.15, -0.1) is 0 Å². The van der Waals surface area contributed by atoms with E-state index in [2.05, 4.69) is 395 Å². The highest BCUT2D eigenvalue weighted by molar-refractivity contribution is 5.96. The summed E-state index contributed by atoms with van der Waals surface area (Å²) < 4.78 is 5.08. The van der Waals surface area contributed by atoms with Crippen LogP contribution in [0.5, 0.6) is 5.75 Å². The molecule has 121 heavy (non-hydrogen) atoms. The molecule has 1 spiro atoms. The van der Waals surface area contributed by atoms with Gasteiger partial charge in [0.05, 0.1) is 17.9 Å². The van der Waals surface area contributed by atoms with E-state index in [1.54, 1.807) is 31.9 Å². The molecule has 0 aliphatic heterocycles. The standard InChI is InChI=1S/C37H25N.C37H27N.C15H18N2.C12H12N2O.C10H9N3/c1-2-10-25(11-3-1)26-18-20-27(21-19-26)38-28-22-23-32-31-14-6-9-17-35(31)37(36(32)24-28)33-15-7-4-12-29(33)30-13-5-8-16-34(30)37;1-4-12-27(13-5-1)28-20-22-31(23-21-28)38-32-24-25-34-33-18-10-11-19-35(33)37(36(34)26-32,29-14-6-2-7-15-29)30-16-8-3-9-17-30;1-15(2,3)12-7-9-13(10-8-12)17-14-6-4-5-11-16-14;1-15-11-7-5-10(6-8-11)14-12-4-2-3-9-13-12;1-3-7-11-9(5-1)13-10-6-2-4-8-12-10/h1-24,38H;1-26,38H;4-11H,1-3H3,(H,16,17);2-9H,1H3,(H,13,14);1-8H,(H,11,12,13). The molecule has 0 atom stereocenters. The van der Waals surface area contributed by atoms with E-state index in [0.717, 1.165) is 63.1 Å². The zero-order valence-electron chi connectivity index (χ0n) is 67.9. The van der Waals surface area contributed by atoms with Crippen LogP contribution in [0.1, 0.15) is 70.8 Å². The smallest absolute Gasteiger partial charge is 0.131 e. The molecular weight excluding hydrogens is 1480 g/mol. The van der Waals surface area contributed by atoms with Crippen molar-refractivity contribution in [3.8, 4) is 61.4 Å². The second-order valence-corrected chi connectivity index (χ2v) is 30.9. The highest BCUT2D eigenvalue weighted by Crippen LogP contribution is 2.63. The third-order valence-electron chi connectivity index (χ3n) is 22.3. The number of nitrogens with zero attached hydrogens (tertiary/aromatic N) is 4. The SMILES string of the molecule is CC(C)(C)c1ccc(Nc2ccccn2)cc1.COc1ccc(Nc2ccccn2)cc1.c1ccc(-c2ccc(Nc3ccc4c(c3)C(c3ccccc3)(c3ccccc3)c3ccccc3-4)cc2)cc1.c1ccc(-c2ccc(Nc3ccc4c(c3)C3(c5ccccc5-c5ccccc53)c3ccccc3-4)cc2)cc1.c1ccc(Nc2ccccn2)nc1. The maximum Gasteiger partial charge on any atom is 0.131 e. The van der Waals surface area contributed by atoms with E-state index in [4.69, 9.17) is 4.74 Å². The van der Waals surface area contributed by atoms with Crippen LogP contribution in [0.15, 0.2) is 449 Å². The molecular formula is C111H91N9O. The van der Waals surface area contributed by atoms with Crippen LogP contribution >= 0.6 is 0 Å². The number of pyridine rings is 4. The Balaban J connectivity index is 0.000000116. The number of nitrogens with one attached hydrogen (secondary N) is 5. The summed E-state index contributed by atoms with van der Waals surface area (Å²) in [6.45, 7) is 6.65. The van der Waals surface area contributed by atoms with E-state index in [1.807, 2.05) is 97.1 Å². The first-order chi connectivity index (χ1) is 59.6. The van der Waals surface area contributed by atoms with Crippen LogP contribution in [0, 0.1) is 0 Å². The summed E-state index contributed by atoms with van der Waals surface area (Å²) in [5.74, 6) is 4.17. The molecule has 0 bridgehead atoms. The molecule has 0 unspecified atom stereocenters. The van der Waals surface area contributed by atoms with Crippen LogP contribution in [0.2, 0.25) is 0 Å². The van der Waals surface area contributed by atoms with Gasteiger partial charge in [0.1, 0.15) is 29.0 Å². The minimum Gasteiger partial charge on any atom is -0.497 e. The number of hydrogen-bond acceptors (Lipinski definition) is 10. The van der Waals surface area contributed by atoms with Crippen molar-refractivity contribution < 1.29 is 4.74 Å². The van der Waals surface area contributed by atoms with Crippen molar-refractivity contribution >= 4 is 57.4 Å². The van der Waals surface area contributed by atoms with Crippen LogP contribution in [-0.4, -0.2) is 27.0 Å². The van der Waals surface area contributed by atoms with Crippen LogP contribution in [0.25, 0.3) is 55.6 Å². The van der Waals surface area contributed by atoms with Crippen molar-refractivity contribution in [2.75, 3.05) is 33.7 Å². The van der Waals surface area contributed by atoms with Gasteiger partial charge in [-0.2, -0.15) is 0 Å². The number of ether oxygens (including phenoxy) is 1. The van der Waals surface area contributed by atoms with Gasteiger partial charge in [-0.25, -0.2) is 19.9 Å². The van der Waals surface area contributed by atoms with E-state index in [9.17, 15) is 0 Å². The number of rotatable bonds is 15. The van der Waals surface area contributed by atoms with Crippen molar-refractivity contribution in [3.05, 3.63) is 500 Å². The Morgan fingerprint density at radius 2 is 0.496 bits per heavy atom. The first-order valence-electron chi connectivity index (χ1n) is 40.9. The van der Waals surface area contributed by atoms with Crippen molar-refractivity contribution in [1.29, 1.82) is 0 Å². The van der Waals surface area contributed by atoms with Crippen LogP contribution in [0.3, 0.4) is 0 Å². The largest absolute Gasteiger partial charge is 0.497 e. The summed E-state index contributed by atoms with van der Waals surface area (Å²) in [4.78, 5) is 16.7. The molecule has 3 aliphatic carbocycles. The number of methoxy groups -OCH3 is 1. The van der Waals surface area contributed by atoms with E-state index in [1.165, 1.54) is 106 Å². The fourth-order valence-electron chi connectivity index (χ4n) is 16.7. The Kier molecular flexibility index (Phi) is 23.2. The lowest BCUT2D eigenvalue weighted by Crippen LogP contribution is -2.28. The fraction of sp³-hybridized carbons (Fsp3) is 0.0631. The summed E-state index contributed by atoms with van der Waals surface area (Å²) in [5.41, 5.74) is 30.7. The van der Waals surface area contributed by atoms with Gasteiger partial charge >= 0.3 is 0 Å². The number of fused-ring (bicyclic) bond motifs is 13. The molecule has 3 aliphatic rings. The average molecular weight is 1570 g/mol. The quantitative estimate of drug-likeness (QED) is 0.0679. The maximum atomic E-state index is 5.08. The Hall–Kier alpha value is -15.5. The molecule has 4 heterocycles. The Bertz CT molecular complexity index is 6120. The van der Waals surface area contributed by atoms with Crippen LogP contribution in [-0.2, 0) is 16.2 Å². The van der Waals surface area contributed by atoms with Gasteiger partial charge in [-0.05, 0) is 245 Å². The number of anilines is 10. The lowest BCUT2D eigenvalue weighted by Gasteiger charge is -2.34. The van der Waals surface area contributed by atoms with E-state index in [-0.39, 0.29) is 16.2 Å². The summed E-state index contributed by atoms with van der Waals surface area (Å²) in [6, 6.07) is 149. The Morgan fingerprint density at radius 1 is 0.223 bits per heavy atom. The van der Waals surface area contributed by atoms with Crippen LogP contribution in [0.4, 0.5) is 57.4 Å². The lowest BCUT2D eigenvalue weighted by molar-refractivity contribution is 0.415. The molecule has 14 aromatic carbocycles. The predicted octanol–water partition coefficient (Wildman–Crippen LogP) is 28.1. The molecule has 0 saturated heterocycles. The van der Waals surface area contributed by atoms with Crippen LogP contribution < -0.4 is 31.3 Å². The van der Waals surface area contributed by atoms with Crippen molar-refractivity contribution in [2.45, 2.75) is 37.0 Å². The summed E-state index contributed by atoms with van der Waals surface area (Å²) in [5, 5.41) is 16.9. The molecule has 0 radical (unpaired) electrons. The van der Waals surface area contributed by atoms with Gasteiger partial charge in [0, 0.05) is 58.9 Å². The molecule has 10 heteroatoms. The average Bonchev–Trinajstić information content (AvgIpc) is 1.52. The van der Waals surface area contributed by atoms with Crippen molar-refractivity contribution in [3.63, 3.8) is 0 Å². The van der Waals surface area contributed by atoms with E-state index >= 15 is 0 Å². The van der Waals surface area contributed by atoms with Gasteiger partial charge in [-0.1, -0.05) is 312 Å². The van der Waals surface area contributed by atoms with Gasteiger partial charge in [0.2, 0.25) is 0 Å². The third kappa shape index (κ3) is 16.9. The summed E-state index contributed by atoms with van der Waals surface area (Å²) in [7, 11) is 1.65. The van der Waals surface area contributed by atoms with Crippen molar-refractivity contribution in [2.24, 2.45) is 0 Å². The van der Waals surface area contributed by atoms with Gasteiger partial charge in [-0.3, -0.25) is 0 Å². The van der Waals surface area contributed by atoms with Gasteiger partial charge < -0.3 is 31.3 Å². The van der Waals surface area contributed by atoms with Gasteiger partial charge in [0.25, 0.3) is 0 Å². The topological polar surface area (TPSA) is 121 Å². The second kappa shape index (κ2) is 35.9. The zero-order valence-corrected chi connectivity index (χ0v) is 67.9. The normalized spacial score (nSPS) is 12.1. The molecule has 586 valence electrons. The monoisotopic (exact) mass is 1570 g/mol. The highest BCUT2D eigenvalue weighted by Gasteiger charge is 2.52. The maximum absolute atomic E-state index is 5.08. The summed E-state index contributed by atoms with van der Waals surface area (Å²) >= 11 is 0. The third-order valence-corrected chi connectivity index (χ3v) is 22.3. The fourth-order valence-corrected chi connectivity index (χ4v) is 16.7. The number of aromatic nitrogens is 4. The number of benzene rings is 14. The molecule has 0 fully saturated rings. The first kappa shape index (κ1) is 78.0. The molecule has 5 N–H and O–H groups in total. The molecule has 18 aromatic rings. The minimum absolute atomic E-state index is 0.198. The highest BCUT2D eigenvalue weighted by atomic mass is 16.5. The minimum atomic E-state index is -0.386. The molecule has 4 aromatic heterocycles. The predicted molar refractivity (Wildman–Crippen MR) is 502 cm³/mol. The second-order valence-electron chi connectivity index (χ2n) is 30.9.